The monoisotopic (exact) mass is 259 g/mol. The number of benzene rings is 1. The molecular weight excluding hydrogens is 246 g/mol. The third-order valence-corrected chi connectivity index (χ3v) is 2.84. The minimum absolute atomic E-state index is 0.155. The second-order valence-electron chi connectivity index (χ2n) is 3.27. The van der Waals surface area contributed by atoms with Gasteiger partial charge in [-0.1, -0.05) is 0 Å². The minimum atomic E-state index is -0.198. The summed E-state index contributed by atoms with van der Waals surface area (Å²) in [4.78, 5) is 0. The molecule has 1 unspecified atom stereocenters. The summed E-state index contributed by atoms with van der Waals surface area (Å²) in [5.41, 5.74) is 7.39. The predicted octanol–water partition coefficient (Wildman–Crippen LogP) is 2.49. The van der Waals surface area contributed by atoms with Crippen molar-refractivity contribution < 1.29 is 9.84 Å². The van der Waals surface area contributed by atoms with E-state index in [1.54, 1.807) is 7.11 Å². The van der Waals surface area contributed by atoms with Gasteiger partial charge in [-0.15, -0.1) is 0 Å². The Hall–Kier alpha value is -0.740. The molecule has 0 aliphatic rings. The van der Waals surface area contributed by atoms with Crippen molar-refractivity contribution >= 4 is 15.9 Å². The zero-order chi connectivity index (χ0) is 10.9. The Morgan fingerprint density at radius 3 is 2.57 bits per heavy atom. The van der Waals surface area contributed by atoms with Crippen LogP contribution >= 0.6 is 15.9 Å². The SMILES string of the molecule is COc1c(C)cc(C(C)N)c(O)c1Br. The highest BCUT2D eigenvalue weighted by Gasteiger charge is 2.16. The molecule has 1 aromatic rings. The quantitative estimate of drug-likeness (QED) is 0.858. The van der Waals surface area contributed by atoms with Crippen LogP contribution in [0.3, 0.4) is 0 Å². The van der Waals surface area contributed by atoms with Crippen molar-refractivity contribution in [3.63, 3.8) is 0 Å². The van der Waals surface area contributed by atoms with E-state index in [9.17, 15) is 5.11 Å². The molecule has 4 heteroatoms. The fraction of sp³-hybridized carbons (Fsp3) is 0.400. The van der Waals surface area contributed by atoms with Crippen LogP contribution in [0.2, 0.25) is 0 Å². The number of aromatic hydroxyl groups is 1. The number of ether oxygens (including phenoxy) is 1. The molecular formula is C10H14BrNO2. The molecule has 3 N–H and O–H groups in total. The molecule has 0 saturated carbocycles. The van der Waals surface area contributed by atoms with Gasteiger partial charge in [-0.05, 0) is 41.4 Å². The van der Waals surface area contributed by atoms with E-state index in [4.69, 9.17) is 10.5 Å². The first kappa shape index (κ1) is 11.3. The minimum Gasteiger partial charge on any atom is -0.506 e. The van der Waals surface area contributed by atoms with Crippen molar-refractivity contribution in [2.24, 2.45) is 5.73 Å². The molecule has 0 spiro atoms. The Bertz CT molecular complexity index is 350. The van der Waals surface area contributed by atoms with Gasteiger partial charge in [0.15, 0.2) is 0 Å². The lowest BCUT2D eigenvalue weighted by Crippen LogP contribution is -2.06. The maximum Gasteiger partial charge on any atom is 0.139 e. The summed E-state index contributed by atoms with van der Waals surface area (Å²) in [7, 11) is 1.57. The lowest BCUT2D eigenvalue weighted by Gasteiger charge is -2.15. The zero-order valence-corrected chi connectivity index (χ0v) is 10.1. The Morgan fingerprint density at radius 1 is 1.57 bits per heavy atom. The van der Waals surface area contributed by atoms with E-state index in [2.05, 4.69) is 15.9 Å². The van der Waals surface area contributed by atoms with Crippen molar-refractivity contribution in [2.45, 2.75) is 19.9 Å². The molecule has 0 amide bonds. The van der Waals surface area contributed by atoms with Gasteiger partial charge in [0.2, 0.25) is 0 Å². The number of rotatable bonds is 2. The van der Waals surface area contributed by atoms with E-state index >= 15 is 0 Å². The number of methoxy groups -OCH3 is 1. The third-order valence-electron chi connectivity index (χ3n) is 2.11. The topological polar surface area (TPSA) is 55.5 Å². The van der Waals surface area contributed by atoms with Crippen LogP contribution in [0.15, 0.2) is 10.5 Å². The normalized spacial score (nSPS) is 12.6. The molecule has 14 heavy (non-hydrogen) atoms. The maximum atomic E-state index is 9.80. The van der Waals surface area contributed by atoms with Gasteiger partial charge in [0, 0.05) is 11.6 Å². The zero-order valence-electron chi connectivity index (χ0n) is 8.47. The van der Waals surface area contributed by atoms with Crippen LogP contribution in [0, 0.1) is 6.92 Å². The van der Waals surface area contributed by atoms with Crippen LogP contribution in [-0.4, -0.2) is 12.2 Å². The van der Waals surface area contributed by atoms with Crippen LogP contribution in [0.4, 0.5) is 0 Å². The first-order valence-electron chi connectivity index (χ1n) is 4.30. The van der Waals surface area contributed by atoms with Gasteiger partial charge in [0.1, 0.15) is 16.0 Å². The standard InChI is InChI=1S/C10H14BrNO2/c1-5-4-7(6(2)12)9(13)8(11)10(5)14-3/h4,6,13H,12H2,1-3H3. The predicted molar refractivity (Wildman–Crippen MR) is 59.7 cm³/mol. The van der Waals surface area contributed by atoms with Gasteiger partial charge in [-0.2, -0.15) is 0 Å². The van der Waals surface area contributed by atoms with E-state index in [0.717, 1.165) is 11.1 Å². The van der Waals surface area contributed by atoms with Gasteiger partial charge in [0.05, 0.1) is 7.11 Å². The second-order valence-corrected chi connectivity index (χ2v) is 4.06. The molecule has 0 heterocycles. The molecule has 0 aliphatic heterocycles. The molecule has 0 saturated heterocycles. The number of nitrogens with two attached hydrogens (primary N) is 1. The lowest BCUT2D eigenvalue weighted by molar-refractivity contribution is 0.398. The van der Waals surface area contributed by atoms with Crippen LogP contribution in [0.1, 0.15) is 24.1 Å². The number of hydrogen-bond acceptors (Lipinski definition) is 3. The van der Waals surface area contributed by atoms with Crippen molar-refractivity contribution in [3.05, 3.63) is 21.7 Å². The molecule has 1 rings (SSSR count). The summed E-state index contributed by atoms with van der Waals surface area (Å²) < 4.78 is 5.71. The summed E-state index contributed by atoms with van der Waals surface area (Å²) in [6.45, 7) is 3.74. The summed E-state index contributed by atoms with van der Waals surface area (Å²) in [5.74, 6) is 0.800. The van der Waals surface area contributed by atoms with E-state index in [-0.39, 0.29) is 11.8 Å². The largest absolute Gasteiger partial charge is 0.506 e. The van der Waals surface area contributed by atoms with Crippen LogP contribution < -0.4 is 10.5 Å². The Balaban J connectivity index is 3.40. The van der Waals surface area contributed by atoms with E-state index < -0.39 is 0 Å². The number of halogens is 1. The van der Waals surface area contributed by atoms with Crippen LogP contribution in [-0.2, 0) is 0 Å². The van der Waals surface area contributed by atoms with Gasteiger partial charge >= 0.3 is 0 Å². The first-order valence-corrected chi connectivity index (χ1v) is 5.09. The van der Waals surface area contributed by atoms with Crippen molar-refractivity contribution in [1.82, 2.24) is 0 Å². The third kappa shape index (κ3) is 1.86. The molecule has 3 nitrogen and oxygen atoms in total. The number of aryl methyl sites for hydroxylation is 1. The molecule has 0 bridgehead atoms. The maximum absolute atomic E-state index is 9.80. The molecule has 0 aliphatic carbocycles. The summed E-state index contributed by atoms with van der Waals surface area (Å²) in [5, 5.41) is 9.80. The van der Waals surface area contributed by atoms with E-state index in [1.165, 1.54) is 0 Å². The highest BCUT2D eigenvalue weighted by Crippen LogP contribution is 2.40. The molecule has 78 valence electrons. The van der Waals surface area contributed by atoms with Gasteiger partial charge in [-0.3, -0.25) is 0 Å². The fourth-order valence-corrected chi connectivity index (χ4v) is 2.08. The van der Waals surface area contributed by atoms with Crippen LogP contribution in [0.25, 0.3) is 0 Å². The highest BCUT2D eigenvalue weighted by atomic mass is 79.9. The fourth-order valence-electron chi connectivity index (χ4n) is 1.37. The van der Waals surface area contributed by atoms with Crippen LogP contribution in [0.5, 0.6) is 11.5 Å². The second kappa shape index (κ2) is 4.19. The number of phenolic OH excluding ortho intramolecular Hbond substituents is 1. The molecule has 1 aromatic carbocycles. The number of phenols is 1. The summed E-state index contributed by atoms with van der Waals surface area (Å²) in [6.07, 6.45) is 0. The smallest absolute Gasteiger partial charge is 0.139 e. The van der Waals surface area contributed by atoms with Gasteiger partial charge in [-0.25, -0.2) is 0 Å². The average Bonchev–Trinajstić information content (AvgIpc) is 2.12. The molecule has 0 aromatic heterocycles. The van der Waals surface area contributed by atoms with E-state index in [1.807, 2.05) is 19.9 Å². The summed E-state index contributed by atoms with van der Waals surface area (Å²) >= 11 is 3.28. The van der Waals surface area contributed by atoms with Gasteiger partial charge in [0.25, 0.3) is 0 Å². The van der Waals surface area contributed by atoms with Crippen molar-refractivity contribution in [1.29, 1.82) is 0 Å². The van der Waals surface area contributed by atoms with Crippen molar-refractivity contribution in [3.8, 4) is 11.5 Å². The Labute approximate surface area is 92.0 Å². The summed E-state index contributed by atoms with van der Waals surface area (Å²) in [6, 6.07) is 1.64. The Kier molecular flexibility index (Phi) is 3.39. The first-order chi connectivity index (χ1) is 6.49. The molecule has 0 fully saturated rings. The Morgan fingerprint density at radius 2 is 2.14 bits per heavy atom. The lowest BCUT2D eigenvalue weighted by atomic mass is 10.0. The highest BCUT2D eigenvalue weighted by molar-refractivity contribution is 9.10. The van der Waals surface area contributed by atoms with Crippen molar-refractivity contribution in [2.75, 3.05) is 7.11 Å². The number of hydrogen-bond donors (Lipinski definition) is 2. The van der Waals surface area contributed by atoms with Gasteiger partial charge < -0.3 is 15.6 Å². The average molecular weight is 260 g/mol. The van der Waals surface area contributed by atoms with E-state index in [0.29, 0.717) is 10.2 Å². The molecule has 1 atom stereocenters. The molecule has 0 radical (unpaired) electrons.